The monoisotopic (exact) mass is 296 g/mol. The van der Waals surface area contributed by atoms with Crippen LogP contribution < -0.4 is 4.74 Å². The van der Waals surface area contributed by atoms with E-state index in [2.05, 4.69) is 0 Å². The van der Waals surface area contributed by atoms with Crippen LogP contribution in [0.25, 0.3) is 0 Å². The fourth-order valence-electron chi connectivity index (χ4n) is 2.17. The van der Waals surface area contributed by atoms with Crippen LogP contribution in [0.3, 0.4) is 0 Å². The van der Waals surface area contributed by atoms with Crippen molar-refractivity contribution in [2.75, 3.05) is 6.61 Å². The first-order valence-corrected chi connectivity index (χ1v) is 7.40. The van der Waals surface area contributed by atoms with Crippen molar-refractivity contribution in [2.45, 2.75) is 25.7 Å². The fraction of sp³-hybridized carbons (Fsp3) is 0.263. The Morgan fingerprint density at radius 1 is 1.09 bits per heavy atom. The summed E-state index contributed by atoms with van der Waals surface area (Å²) in [6, 6.07) is 17.3. The Bertz CT molecular complexity index is 602. The highest BCUT2D eigenvalue weighted by Crippen LogP contribution is 2.18. The zero-order chi connectivity index (χ0) is 15.8. The molecular formula is C19H20O3. The van der Waals surface area contributed by atoms with Crippen molar-refractivity contribution in [1.29, 1.82) is 0 Å². The van der Waals surface area contributed by atoms with Crippen LogP contribution in [0.5, 0.6) is 5.75 Å². The van der Waals surface area contributed by atoms with Crippen LogP contribution in [0.2, 0.25) is 0 Å². The quantitative estimate of drug-likeness (QED) is 0.699. The lowest BCUT2D eigenvalue weighted by atomic mass is 10.0. The third kappa shape index (κ3) is 4.85. The summed E-state index contributed by atoms with van der Waals surface area (Å²) in [4.78, 5) is 22.2. The average molecular weight is 296 g/mol. The second-order valence-electron chi connectivity index (χ2n) is 5.31. The van der Waals surface area contributed by atoms with Gasteiger partial charge in [0, 0.05) is 6.42 Å². The number of aryl methyl sites for hydroxylation is 1. The van der Waals surface area contributed by atoms with Crippen LogP contribution in [0.1, 0.15) is 30.4 Å². The molecule has 0 aliphatic carbocycles. The van der Waals surface area contributed by atoms with E-state index in [1.54, 1.807) is 6.92 Å². The maximum Gasteiger partial charge on any atom is 0.130 e. The predicted octanol–water partition coefficient (Wildman–Crippen LogP) is 3.57. The number of rotatable bonds is 8. The van der Waals surface area contributed by atoms with Gasteiger partial charge in [-0.1, -0.05) is 42.5 Å². The first-order chi connectivity index (χ1) is 10.7. The standard InChI is InChI=1S/C19H20O3/c1-15(21)7-8-16-9-11-19(12-10-16)22-14-18(13-20)17-5-3-2-4-6-17/h2-6,9-13,18H,7-8,14H2,1H3. The summed E-state index contributed by atoms with van der Waals surface area (Å²) < 4.78 is 5.70. The molecule has 2 aromatic carbocycles. The van der Waals surface area contributed by atoms with Gasteiger partial charge < -0.3 is 14.3 Å². The maximum absolute atomic E-state index is 11.2. The molecule has 0 aromatic heterocycles. The second kappa shape index (κ2) is 8.13. The topological polar surface area (TPSA) is 43.4 Å². The molecule has 0 radical (unpaired) electrons. The second-order valence-corrected chi connectivity index (χ2v) is 5.31. The summed E-state index contributed by atoms with van der Waals surface area (Å²) in [5, 5.41) is 0. The van der Waals surface area contributed by atoms with Crippen molar-refractivity contribution in [3.8, 4) is 5.75 Å². The van der Waals surface area contributed by atoms with E-state index in [9.17, 15) is 9.59 Å². The highest BCUT2D eigenvalue weighted by atomic mass is 16.5. The van der Waals surface area contributed by atoms with Crippen LogP contribution in [0.15, 0.2) is 54.6 Å². The summed E-state index contributed by atoms with van der Waals surface area (Å²) in [5.41, 5.74) is 2.06. The van der Waals surface area contributed by atoms with Gasteiger partial charge in [0.15, 0.2) is 0 Å². The number of ether oxygens (including phenoxy) is 1. The fourth-order valence-corrected chi connectivity index (χ4v) is 2.17. The number of carbonyl (C=O) groups is 2. The first kappa shape index (κ1) is 16.0. The van der Waals surface area contributed by atoms with E-state index in [0.29, 0.717) is 13.0 Å². The molecule has 0 N–H and O–H groups in total. The Labute approximate surface area is 130 Å². The lowest BCUT2D eigenvalue weighted by molar-refractivity contribution is -0.117. The molecule has 0 saturated heterocycles. The SMILES string of the molecule is CC(=O)CCc1ccc(OCC(C=O)c2ccccc2)cc1. The van der Waals surface area contributed by atoms with E-state index in [1.807, 2.05) is 54.6 Å². The van der Waals surface area contributed by atoms with Crippen molar-refractivity contribution in [1.82, 2.24) is 0 Å². The van der Waals surface area contributed by atoms with E-state index in [0.717, 1.165) is 29.6 Å². The van der Waals surface area contributed by atoms with Gasteiger partial charge >= 0.3 is 0 Å². The molecule has 0 aliphatic heterocycles. The highest BCUT2D eigenvalue weighted by Gasteiger charge is 2.10. The Kier molecular flexibility index (Phi) is 5.90. The van der Waals surface area contributed by atoms with E-state index < -0.39 is 0 Å². The minimum absolute atomic E-state index is 0.192. The van der Waals surface area contributed by atoms with E-state index in [-0.39, 0.29) is 11.7 Å². The van der Waals surface area contributed by atoms with Crippen molar-refractivity contribution < 1.29 is 14.3 Å². The van der Waals surface area contributed by atoms with Crippen LogP contribution in [0, 0.1) is 0 Å². The van der Waals surface area contributed by atoms with E-state index in [4.69, 9.17) is 4.74 Å². The van der Waals surface area contributed by atoms with Crippen molar-refractivity contribution >= 4 is 12.1 Å². The van der Waals surface area contributed by atoms with E-state index >= 15 is 0 Å². The van der Waals surface area contributed by atoms with Crippen LogP contribution >= 0.6 is 0 Å². The van der Waals surface area contributed by atoms with Gasteiger partial charge in [-0.2, -0.15) is 0 Å². The molecule has 2 rings (SSSR count). The normalized spacial score (nSPS) is 11.7. The average Bonchev–Trinajstić information content (AvgIpc) is 2.55. The molecule has 0 bridgehead atoms. The Morgan fingerprint density at radius 3 is 2.36 bits per heavy atom. The molecule has 1 atom stereocenters. The Hall–Kier alpha value is -2.42. The molecule has 0 saturated carbocycles. The zero-order valence-corrected chi connectivity index (χ0v) is 12.7. The van der Waals surface area contributed by atoms with Crippen molar-refractivity contribution in [3.05, 3.63) is 65.7 Å². The van der Waals surface area contributed by atoms with Gasteiger partial charge in [0.2, 0.25) is 0 Å². The molecule has 0 amide bonds. The summed E-state index contributed by atoms with van der Waals surface area (Å²) in [5.74, 6) is 0.657. The highest BCUT2D eigenvalue weighted by molar-refractivity contribution is 5.75. The number of Topliss-reactive ketones (excluding diaryl/α,β-unsaturated/α-hetero) is 1. The minimum Gasteiger partial charge on any atom is -0.493 e. The van der Waals surface area contributed by atoms with E-state index in [1.165, 1.54) is 0 Å². The molecule has 0 aliphatic rings. The molecule has 3 nitrogen and oxygen atoms in total. The Morgan fingerprint density at radius 2 is 1.77 bits per heavy atom. The molecule has 0 spiro atoms. The summed E-state index contributed by atoms with van der Waals surface area (Å²) in [6.45, 7) is 1.92. The third-order valence-electron chi connectivity index (χ3n) is 3.51. The van der Waals surface area contributed by atoms with Gasteiger partial charge in [-0.05, 0) is 36.6 Å². The van der Waals surface area contributed by atoms with Gasteiger partial charge in [0.1, 0.15) is 24.4 Å². The summed E-state index contributed by atoms with van der Waals surface area (Å²) in [6.07, 6.45) is 2.22. The van der Waals surface area contributed by atoms with Gasteiger partial charge in [0.05, 0.1) is 5.92 Å². The maximum atomic E-state index is 11.2. The lowest BCUT2D eigenvalue weighted by Gasteiger charge is -2.12. The van der Waals surface area contributed by atoms with Crippen LogP contribution in [-0.2, 0) is 16.0 Å². The molecule has 2 aromatic rings. The molecule has 0 heterocycles. The molecule has 1 unspecified atom stereocenters. The van der Waals surface area contributed by atoms with Gasteiger partial charge in [0.25, 0.3) is 0 Å². The number of carbonyl (C=O) groups excluding carboxylic acids is 2. The Balaban J connectivity index is 1.90. The molecule has 0 fully saturated rings. The van der Waals surface area contributed by atoms with Gasteiger partial charge in [-0.15, -0.1) is 0 Å². The summed E-state index contributed by atoms with van der Waals surface area (Å²) >= 11 is 0. The number of hydrogen-bond acceptors (Lipinski definition) is 3. The minimum atomic E-state index is -0.265. The van der Waals surface area contributed by atoms with Crippen molar-refractivity contribution in [2.24, 2.45) is 0 Å². The van der Waals surface area contributed by atoms with Gasteiger partial charge in [-0.25, -0.2) is 0 Å². The lowest BCUT2D eigenvalue weighted by Crippen LogP contribution is -2.11. The largest absolute Gasteiger partial charge is 0.493 e. The smallest absolute Gasteiger partial charge is 0.130 e. The predicted molar refractivity (Wildman–Crippen MR) is 86.2 cm³/mol. The molecule has 22 heavy (non-hydrogen) atoms. The third-order valence-corrected chi connectivity index (χ3v) is 3.51. The van der Waals surface area contributed by atoms with Gasteiger partial charge in [-0.3, -0.25) is 0 Å². The number of benzene rings is 2. The van der Waals surface area contributed by atoms with Crippen LogP contribution in [0.4, 0.5) is 0 Å². The number of aldehydes is 1. The zero-order valence-electron chi connectivity index (χ0n) is 12.7. The molecule has 114 valence electrons. The van der Waals surface area contributed by atoms with Crippen molar-refractivity contribution in [3.63, 3.8) is 0 Å². The molecule has 3 heteroatoms. The first-order valence-electron chi connectivity index (χ1n) is 7.40. The van der Waals surface area contributed by atoms with Crippen LogP contribution in [-0.4, -0.2) is 18.7 Å². The number of ketones is 1. The summed E-state index contributed by atoms with van der Waals surface area (Å²) in [7, 11) is 0. The molecular weight excluding hydrogens is 276 g/mol. The number of hydrogen-bond donors (Lipinski definition) is 0.